The Morgan fingerprint density at radius 2 is 1.96 bits per heavy atom. The fourth-order valence-electron chi connectivity index (χ4n) is 3.13. The summed E-state index contributed by atoms with van der Waals surface area (Å²) in [6.07, 6.45) is 0.885. The third kappa shape index (κ3) is 4.05. The normalized spacial score (nSPS) is 13.5. The predicted molar refractivity (Wildman–Crippen MR) is 104 cm³/mol. The first kappa shape index (κ1) is 19.5. The van der Waals surface area contributed by atoms with Gasteiger partial charge in [-0.2, -0.15) is 5.10 Å². The third-order valence-electron chi connectivity index (χ3n) is 4.63. The highest BCUT2D eigenvalue weighted by molar-refractivity contribution is 6.04. The van der Waals surface area contributed by atoms with Crippen LogP contribution in [0.4, 0.5) is 5.69 Å². The molecule has 1 amide bonds. The summed E-state index contributed by atoms with van der Waals surface area (Å²) in [5.74, 6) is 0.667. The van der Waals surface area contributed by atoms with Gasteiger partial charge in [-0.25, -0.2) is 0 Å². The second-order valence-electron chi connectivity index (χ2n) is 7.07. The molecule has 1 aromatic carbocycles. The number of nitrogens with one attached hydrogen (secondary N) is 3. The lowest BCUT2D eigenvalue weighted by atomic mass is 9.94. The summed E-state index contributed by atoms with van der Waals surface area (Å²) in [5, 5.41) is 13.6. The summed E-state index contributed by atoms with van der Waals surface area (Å²) in [7, 11) is 0. The van der Waals surface area contributed by atoms with Crippen molar-refractivity contribution in [3.05, 3.63) is 46.3 Å². The summed E-state index contributed by atoms with van der Waals surface area (Å²) >= 11 is 0. The lowest BCUT2D eigenvalue weighted by molar-refractivity contribution is 0.102. The number of carbonyl (C=O) groups is 1. The van der Waals surface area contributed by atoms with Crippen LogP contribution in [0.1, 0.15) is 72.4 Å². The van der Waals surface area contributed by atoms with Crippen LogP contribution in [0.5, 0.6) is 0 Å². The van der Waals surface area contributed by atoms with Gasteiger partial charge in [-0.15, -0.1) is 12.4 Å². The van der Waals surface area contributed by atoms with Crippen molar-refractivity contribution in [3.8, 4) is 0 Å². The van der Waals surface area contributed by atoms with E-state index in [4.69, 9.17) is 0 Å². The standard InChI is InChI=1S/C19H26N4O.ClH/c1-11(2)13-5-6-16(14(9-13)12(3)4)21-19(24)18-15-10-20-8-7-17(15)22-23-18;/h5-6,9,11-12,20H,7-8,10H2,1-4H3,(H,21,24)(H,22,23);1H. The number of aromatic nitrogens is 2. The molecule has 0 bridgehead atoms. The third-order valence-corrected chi connectivity index (χ3v) is 4.63. The minimum Gasteiger partial charge on any atom is -0.320 e. The van der Waals surface area contributed by atoms with Crippen molar-refractivity contribution in [2.24, 2.45) is 0 Å². The molecule has 0 unspecified atom stereocenters. The number of nitrogens with zero attached hydrogens (tertiary/aromatic N) is 1. The molecule has 0 radical (unpaired) electrons. The van der Waals surface area contributed by atoms with Gasteiger partial charge in [-0.1, -0.05) is 39.8 Å². The Morgan fingerprint density at radius 1 is 1.20 bits per heavy atom. The maximum atomic E-state index is 12.7. The topological polar surface area (TPSA) is 69.8 Å². The van der Waals surface area contributed by atoms with E-state index in [1.807, 2.05) is 6.07 Å². The molecule has 0 spiro atoms. The van der Waals surface area contributed by atoms with Crippen molar-refractivity contribution in [3.63, 3.8) is 0 Å². The molecule has 5 nitrogen and oxygen atoms in total. The zero-order valence-electron chi connectivity index (χ0n) is 15.3. The van der Waals surface area contributed by atoms with E-state index >= 15 is 0 Å². The van der Waals surface area contributed by atoms with Gasteiger partial charge in [0.15, 0.2) is 5.69 Å². The maximum absolute atomic E-state index is 12.7. The SMILES string of the molecule is CC(C)c1ccc(NC(=O)c2n[nH]c3c2CNCC3)c(C(C)C)c1.Cl. The molecule has 0 atom stereocenters. The highest BCUT2D eigenvalue weighted by atomic mass is 35.5. The van der Waals surface area contributed by atoms with Crippen LogP contribution in [0.15, 0.2) is 18.2 Å². The number of amides is 1. The Kier molecular flexibility index (Phi) is 6.25. The van der Waals surface area contributed by atoms with E-state index in [1.165, 1.54) is 5.56 Å². The predicted octanol–water partition coefficient (Wildman–Crippen LogP) is 3.98. The molecule has 6 heteroatoms. The van der Waals surface area contributed by atoms with E-state index in [1.54, 1.807) is 0 Å². The van der Waals surface area contributed by atoms with Crippen molar-refractivity contribution in [2.75, 3.05) is 11.9 Å². The second-order valence-corrected chi connectivity index (χ2v) is 7.07. The van der Waals surface area contributed by atoms with Gasteiger partial charge in [-0.05, 0) is 29.0 Å². The first-order valence-electron chi connectivity index (χ1n) is 8.69. The first-order valence-corrected chi connectivity index (χ1v) is 8.69. The Bertz CT molecular complexity index is 752. The summed E-state index contributed by atoms with van der Waals surface area (Å²) in [6.45, 7) is 10.3. The van der Waals surface area contributed by atoms with E-state index in [2.05, 4.69) is 60.7 Å². The molecule has 1 aliphatic rings. The molecule has 0 saturated carbocycles. The van der Waals surface area contributed by atoms with Crippen molar-refractivity contribution in [2.45, 2.75) is 52.5 Å². The van der Waals surface area contributed by atoms with Gasteiger partial charge >= 0.3 is 0 Å². The highest BCUT2D eigenvalue weighted by Gasteiger charge is 2.22. The molecule has 2 aromatic rings. The smallest absolute Gasteiger partial charge is 0.276 e. The molecule has 1 aromatic heterocycles. The number of carbonyl (C=O) groups excluding carboxylic acids is 1. The van der Waals surface area contributed by atoms with Gasteiger partial charge < -0.3 is 10.6 Å². The molecule has 136 valence electrons. The van der Waals surface area contributed by atoms with Gasteiger partial charge in [0.1, 0.15) is 0 Å². The number of hydrogen-bond acceptors (Lipinski definition) is 3. The molecule has 25 heavy (non-hydrogen) atoms. The molecule has 0 fully saturated rings. The number of aromatic amines is 1. The average molecular weight is 363 g/mol. The molecule has 3 rings (SSSR count). The highest BCUT2D eigenvalue weighted by Crippen LogP contribution is 2.29. The van der Waals surface area contributed by atoms with E-state index in [-0.39, 0.29) is 18.3 Å². The van der Waals surface area contributed by atoms with Crippen LogP contribution in [-0.4, -0.2) is 22.6 Å². The Hall–Kier alpha value is -1.85. The molecule has 0 aliphatic carbocycles. The molecular formula is C19H27ClN4O. The fraction of sp³-hybridized carbons (Fsp3) is 0.474. The van der Waals surface area contributed by atoms with Crippen molar-refractivity contribution < 1.29 is 4.79 Å². The number of benzene rings is 1. The summed E-state index contributed by atoms with van der Waals surface area (Å²) in [4.78, 5) is 12.7. The van der Waals surface area contributed by atoms with Crippen molar-refractivity contribution in [1.82, 2.24) is 15.5 Å². The molecular weight excluding hydrogens is 336 g/mol. The van der Waals surface area contributed by atoms with Gasteiger partial charge in [0.2, 0.25) is 0 Å². The van der Waals surface area contributed by atoms with Crippen LogP contribution in [0.3, 0.4) is 0 Å². The van der Waals surface area contributed by atoms with E-state index in [0.717, 1.165) is 35.5 Å². The van der Waals surface area contributed by atoms with Crippen LogP contribution >= 0.6 is 12.4 Å². The lowest BCUT2D eigenvalue weighted by Gasteiger charge is -2.17. The lowest BCUT2D eigenvalue weighted by Crippen LogP contribution is -2.25. The number of hydrogen-bond donors (Lipinski definition) is 3. The number of halogens is 1. The summed E-state index contributed by atoms with van der Waals surface area (Å²) < 4.78 is 0. The Labute approximate surface area is 155 Å². The zero-order valence-corrected chi connectivity index (χ0v) is 16.1. The van der Waals surface area contributed by atoms with Crippen LogP contribution in [0, 0.1) is 0 Å². The van der Waals surface area contributed by atoms with Gasteiger partial charge in [-0.3, -0.25) is 9.89 Å². The number of H-pyrrole nitrogens is 1. The summed E-state index contributed by atoms with van der Waals surface area (Å²) in [6, 6.07) is 6.31. The van der Waals surface area contributed by atoms with Crippen molar-refractivity contribution >= 4 is 24.0 Å². The molecule has 2 heterocycles. The first-order chi connectivity index (χ1) is 11.5. The number of rotatable bonds is 4. The van der Waals surface area contributed by atoms with E-state index in [9.17, 15) is 4.79 Å². The fourth-order valence-corrected chi connectivity index (χ4v) is 3.13. The quantitative estimate of drug-likeness (QED) is 0.770. The van der Waals surface area contributed by atoms with Gasteiger partial charge in [0.05, 0.1) is 0 Å². The number of fused-ring (bicyclic) bond motifs is 1. The van der Waals surface area contributed by atoms with Gasteiger partial charge in [0.25, 0.3) is 5.91 Å². The van der Waals surface area contributed by atoms with Gasteiger partial charge in [0, 0.05) is 36.5 Å². The second kappa shape index (κ2) is 8.02. The number of anilines is 1. The van der Waals surface area contributed by atoms with Crippen LogP contribution in [0.2, 0.25) is 0 Å². The molecule has 3 N–H and O–H groups in total. The molecule has 0 saturated heterocycles. The van der Waals surface area contributed by atoms with Crippen LogP contribution in [-0.2, 0) is 13.0 Å². The molecule has 1 aliphatic heterocycles. The largest absolute Gasteiger partial charge is 0.320 e. The minimum absolute atomic E-state index is 0. The minimum atomic E-state index is -0.143. The van der Waals surface area contributed by atoms with E-state index in [0.29, 0.717) is 24.1 Å². The van der Waals surface area contributed by atoms with Crippen LogP contribution < -0.4 is 10.6 Å². The average Bonchev–Trinajstić information content (AvgIpc) is 2.98. The Morgan fingerprint density at radius 3 is 2.64 bits per heavy atom. The van der Waals surface area contributed by atoms with Crippen LogP contribution in [0.25, 0.3) is 0 Å². The summed E-state index contributed by atoms with van der Waals surface area (Å²) in [5.41, 5.74) is 5.89. The Balaban J connectivity index is 0.00000225. The zero-order chi connectivity index (χ0) is 17.3. The van der Waals surface area contributed by atoms with E-state index < -0.39 is 0 Å². The van der Waals surface area contributed by atoms with Crippen molar-refractivity contribution in [1.29, 1.82) is 0 Å². The maximum Gasteiger partial charge on any atom is 0.276 e. The monoisotopic (exact) mass is 362 g/mol.